The minimum absolute atomic E-state index is 0.121. The third kappa shape index (κ3) is 5.14. The van der Waals surface area contributed by atoms with Crippen LogP contribution < -0.4 is 14.8 Å². The van der Waals surface area contributed by atoms with Crippen LogP contribution in [0.4, 0.5) is 10.5 Å². The fourth-order valence-electron chi connectivity index (χ4n) is 2.48. The number of ether oxygens (including phenoxy) is 2. The average molecular weight is 342 g/mol. The summed E-state index contributed by atoms with van der Waals surface area (Å²) in [5.41, 5.74) is 3.14. The Labute approximate surface area is 149 Å². The number of carbonyl (C=O) groups excluding carboxylic acids is 1. The number of likely N-dealkylation sites (N-methyl/N-ethyl adjacent to an activating group) is 1. The summed E-state index contributed by atoms with van der Waals surface area (Å²) in [6.45, 7) is 2.71. The van der Waals surface area contributed by atoms with Gasteiger partial charge in [-0.15, -0.1) is 0 Å². The number of nitrogens with one attached hydrogen (secondary N) is 1. The molecule has 0 saturated carbocycles. The van der Waals surface area contributed by atoms with E-state index in [2.05, 4.69) is 12.2 Å². The Kier molecular flexibility index (Phi) is 6.69. The van der Waals surface area contributed by atoms with Crippen LogP contribution in [0.15, 0.2) is 42.5 Å². The zero-order chi connectivity index (χ0) is 18.2. The van der Waals surface area contributed by atoms with E-state index in [4.69, 9.17) is 9.47 Å². The van der Waals surface area contributed by atoms with Gasteiger partial charge in [0.25, 0.3) is 0 Å². The summed E-state index contributed by atoms with van der Waals surface area (Å²) in [5, 5.41) is 2.91. The van der Waals surface area contributed by atoms with E-state index >= 15 is 0 Å². The van der Waals surface area contributed by atoms with E-state index in [-0.39, 0.29) is 6.03 Å². The maximum atomic E-state index is 12.3. The highest BCUT2D eigenvalue weighted by molar-refractivity contribution is 5.89. The lowest BCUT2D eigenvalue weighted by Gasteiger charge is -2.18. The highest BCUT2D eigenvalue weighted by Gasteiger charge is 2.10. The molecule has 5 nitrogen and oxygen atoms in total. The van der Waals surface area contributed by atoms with Crippen molar-refractivity contribution < 1.29 is 14.3 Å². The quantitative estimate of drug-likeness (QED) is 0.828. The summed E-state index contributed by atoms with van der Waals surface area (Å²) in [6, 6.07) is 13.6. The van der Waals surface area contributed by atoms with Crippen molar-refractivity contribution in [2.24, 2.45) is 0 Å². The molecule has 0 heterocycles. The molecule has 2 amide bonds. The van der Waals surface area contributed by atoms with Crippen LogP contribution in [0.2, 0.25) is 0 Å². The Hall–Kier alpha value is -2.69. The predicted molar refractivity (Wildman–Crippen MR) is 101 cm³/mol. The predicted octanol–water partition coefficient (Wildman–Crippen LogP) is 3.97. The monoisotopic (exact) mass is 342 g/mol. The summed E-state index contributed by atoms with van der Waals surface area (Å²) in [5.74, 6) is 1.40. The summed E-state index contributed by atoms with van der Waals surface area (Å²) < 4.78 is 10.5. The Morgan fingerprint density at radius 1 is 1.00 bits per heavy atom. The van der Waals surface area contributed by atoms with Gasteiger partial charge in [-0.2, -0.15) is 0 Å². The number of hydrogen-bond donors (Lipinski definition) is 1. The minimum atomic E-state index is -0.121. The van der Waals surface area contributed by atoms with Crippen LogP contribution >= 0.6 is 0 Å². The molecule has 0 saturated heterocycles. The third-order valence-corrected chi connectivity index (χ3v) is 4.14. The number of rotatable bonds is 7. The zero-order valence-corrected chi connectivity index (χ0v) is 15.3. The number of carbonyl (C=O) groups is 1. The van der Waals surface area contributed by atoms with Gasteiger partial charge >= 0.3 is 6.03 Å². The number of amides is 2. The Balaban J connectivity index is 1.90. The fourth-order valence-corrected chi connectivity index (χ4v) is 2.48. The third-order valence-electron chi connectivity index (χ3n) is 4.14. The summed E-state index contributed by atoms with van der Waals surface area (Å²) in [6.07, 6.45) is 1.72. The van der Waals surface area contributed by atoms with Gasteiger partial charge < -0.3 is 19.7 Å². The molecule has 2 aromatic rings. The number of benzene rings is 2. The molecule has 2 aromatic carbocycles. The van der Waals surface area contributed by atoms with Crippen molar-refractivity contribution in [1.29, 1.82) is 0 Å². The van der Waals surface area contributed by atoms with Crippen LogP contribution in [0.3, 0.4) is 0 Å². The molecule has 0 aliphatic heterocycles. The first-order chi connectivity index (χ1) is 12.1. The van der Waals surface area contributed by atoms with Gasteiger partial charge in [0.05, 0.1) is 14.2 Å². The molecule has 5 heteroatoms. The normalized spacial score (nSPS) is 10.2. The molecule has 0 fully saturated rings. The first-order valence-corrected chi connectivity index (χ1v) is 8.39. The molecule has 25 heavy (non-hydrogen) atoms. The van der Waals surface area contributed by atoms with E-state index in [1.165, 1.54) is 5.56 Å². The summed E-state index contributed by atoms with van der Waals surface area (Å²) in [7, 11) is 5.02. The van der Waals surface area contributed by atoms with Crippen LogP contribution in [0.5, 0.6) is 11.5 Å². The van der Waals surface area contributed by atoms with Crippen molar-refractivity contribution in [1.82, 2.24) is 4.90 Å². The molecule has 0 aliphatic carbocycles. The summed E-state index contributed by atoms with van der Waals surface area (Å²) >= 11 is 0. The SMILES string of the molecule is CCc1ccc(NC(=O)N(C)CCc2ccc(OC)c(OC)c2)cc1. The molecule has 0 atom stereocenters. The second-order valence-corrected chi connectivity index (χ2v) is 5.84. The lowest BCUT2D eigenvalue weighted by molar-refractivity contribution is 0.223. The molecule has 2 rings (SSSR count). The zero-order valence-electron chi connectivity index (χ0n) is 15.3. The van der Waals surface area contributed by atoms with E-state index in [9.17, 15) is 4.79 Å². The second kappa shape index (κ2) is 8.97. The molecular formula is C20H26N2O3. The van der Waals surface area contributed by atoms with Crippen molar-refractivity contribution in [2.45, 2.75) is 19.8 Å². The molecule has 0 radical (unpaired) electrons. The number of hydrogen-bond acceptors (Lipinski definition) is 3. The molecule has 0 aromatic heterocycles. The Bertz CT molecular complexity index is 699. The van der Waals surface area contributed by atoms with E-state index in [1.54, 1.807) is 26.2 Å². The number of methoxy groups -OCH3 is 2. The van der Waals surface area contributed by atoms with Crippen LogP contribution in [-0.2, 0) is 12.8 Å². The first-order valence-electron chi connectivity index (χ1n) is 8.39. The number of nitrogens with zero attached hydrogens (tertiary/aromatic N) is 1. The number of anilines is 1. The van der Waals surface area contributed by atoms with E-state index < -0.39 is 0 Å². The van der Waals surface area contributed by atoms with Gasteiger partial charge in [0, 0.05) is 19.3 Å². The van der Waals surface area contributed by atoms with Gasteiger partial charge in [0.15, 0.2) is 11.5 Å². The molecule has 0 unspecified atom stereocenters. The number of urea groups is 1. The van der Waals surface area contributed by atoms with Gasteiger partial charge in [-0.05, 0) is 48.2 Å². The lowest BCUT2D eigenvalue weighted by atomic mass is 10.1. The van der Waals surface area contributed by atoms with E-state index in [0.717, 1.165) is 24.1 Å². The van der Waals surface area contributed by atoms with Crippen molar-refractivity contribution in [3.63, 3.8) is 0 Å². The summed E-state index contributed by atoms with van der Waals surface area (Å²) in [4.78, 5) is 14.0. The van der Waals surface area contributed by atoms with Crippen LogP contribution in [-0.4, -0.2) is 38.7 Å². The van der Waals surface area contributed by atoms with Crippen LogP contribution in [0.1, 0.15) is 18.1 Å². The molecule has 134 valence electrons. The molecule has 1 N–H and O–H groups in total. The molecular weight excluding hydrogens is 316 g/mol. The van der Waals surface area contributed by atoms with Crippen molar-refractivity contribution in [3.05, 3.63) is 53.6 Å². The minimum Gasteiger partial charge on any atom is -0.493 e. The fraction of sp³-hybridized carbons (Fsp3) is 0.350. The van der Waals surface area contributed by atoms with Gasteiger partial charge in [-0.1, -0.05) is 25.1 Å². The van der Waals surface area contributed by atoms with E-state index in [0.29, 0.717) is 18.0 Å². The largest absolute Gasteiger partial charge is 0.493 e. The van der Waals surface area contributed by atoms with Crippen LogP contribution in [0.25, 0.3) is 0 Å². The molecule has 0 spiro atoms. The van der Waals surface area contributed by atoms with Gasteiger partial charge in [-0.25, -0.2) is 4.79 Å². The van der Waals surface area contributed by atoms with Crippen molar-refractivity contribution in [2.75, 3.05) is 33.1 Å². The van der Waals surface area contributed by atoms with Gasteiger partial charge in [0.2, 0.25) is 0 Å². The van der Waals surface area contributed by atoms with Gasteiger partial charge in [0.1, 0.15) is 0 Å². The topological polar surface area (TPSA) is 50.8 Å². The Morgan fingerprint density at radius 3 is 2.24 bits per heavy atom. The number of aryl methyl sites for hydroxylation is 1. The first kappa shape index (κ1) is 18.6. The lowest BCUT2D eigenvalue weighted by Crippen LogP contribution is -2.32. The standard InChI is InChI=1S/C20H26N2O3/c1-5-15-6-9-17(10-7-15)21-20(23)22(2)13-12-16-8-11-18(24-3)19(14-16)25-4/h6-11,14H,5,12-13H2,1-4H3,(H,21,23). The second-order valence-electron chi connectivity index (χ2n) is 5.84. The van der Waals surface area contributed by atoms with Crippen molar-refractivity contribution >= 4 is 11.7 Å². The van der Waals surface area contributed by atoms with E-state index in [1.807, 2.05) is 42.5 Å². The maximum absolute atomic E-state index is 12.3. The maximum Gasteiger partial charge on any atom is 0.321 e. The highest BCUT2D eigenvalue weighted by Crippen LogP contribution is 2.27. The smallest absolute Gasteiger partial charge is 0.321 e. The van der Waals surface area contributed by atoms with Crippen molar-refractivity contribution in [3.8, 4) is 11.5 Å². The Morgan fingerprint density at radius 2 is 1.64 bits per heavy atom. The van der Waals surface area contributed by atoms with Gasteiger partial charge in [-0.3, -0.25) is 0 Å². The molecule has 0 bridgehead atoms. The highest BCUT2D eigenvalue weighted by atomic mass is 16.5. The van der Waals surface area contributed by atoms with Crippen LogP contribution in [0, 0.1) is 0 Å². The average Bonchev–Trinajstić information content (AvgIpc) is 2.66. The molecule has 0 aliphatic rings.